The van der Waals surface area contributed by atoms with Gasteiger partial charge in [-0.1, -0.05) is 10.4 Å². The number of nitrogens with one attached hydrogen (secondary N) is 1. The Balaban J connectivity index is 1.05. The van der Waals surface area contributed by atoms with Crippen molar-refractivity contribution >= 4 is 96.0 Å². The summed E-state index contributed by atoms with van der Waals surface area (Å²) in [5, 5.41) is 17.7. The van der Waals surface area contributed by atoms with Crippen LogP contribution < -0.4 is 9.36 Å². The summed E-state index contributed by atoms with van der Waals surface area (Å²) in [6.07, 6.45) is -16.2. The molecule has 2 aliphatic carbocycles. The summed E-state index contributed by atoms with van der Waals surface area (Å²) in [7, 11) is -37.0. The van der Waals surface area contributed by atoms with Crippen molar-refractivity contribution in [3.05, 3.63) is 36.2 Å². The summed E-state index contributed by atoms with van der Waals surface area (Å²) in [6.45, 7) is -0.695. The molecular weight excluding hydrogens is 1410 g/mol. The van der Waals surface area contributed by atoms with Gasteiger partial charge in [-0.2, -0.15) is 58.9 Å². The number of halogens is 2. The van der Waals surface area contributed by atoms with Gasteiger partial charge in [0.25, 0.3) is 0 Å². The van der Waals surface area contributed by atoms with Crippen LogP contribution in [0.3, 0.4) is 0 Å². The fourth-order valence-corrected chi connectivity index (χ4v) is 14.2. The Morgan fingerprint density at radius 1 is 0.674 bits per heavy atom. The van der Waals surface area contributed by atoms with Crippen LogP contribution in [-0.2, 0) is 170 Å². The van der Waals surface area contributed by atoms with Crippen molar-refractivity contribution in [1.29, 1.82) is 0 Å². The van der Waals surface area contributed by atoms with Crippen LogP contribution in [-0.4, -0.2) is 224 Å². The lowest BCUT2D eigenvalue weighted by atomic mass is 9.80. The van der Waals surface area contributed by atoms with Crippen molar-refractivity contribution in [2.24, 2.45) is 11.8 Å². The van der Waals surface area contributed by atoms with Crippen LogP contribution in [0, 0.1) is 11.8 Å². The number of hydrogen-bond acceptors (Lipinski definition) is 31. The van der Waals surface area contributed by atoms with E-state index in [2.05, 4.69) is 30.0 Å². The third kappa shape index (κ3) is 24.0. The van der Waals surface area contributed by atoms with Crippen LogP contribution in [0.15, 0.2) is 24.8 Å². The maximum atomic E-state index is 12.2. The van der Waals surface area contributed by atoms with E-state index >= 15 is 0 Å². The van der Waals surface area contributed by atoms with E-state index in [0.29, 0.717) is 6.61 Å². The first-order valence-corrected chi connectivity index (χ1v) is 36.0. The quantitative estimate of drug-likeness (QED) is 0.0164. The summed E-state index contributed by atoms with van der Waals surface area (Å²) in [5.41, 5.74) is 0.0205. The molecular formula is C37H59Cl2N9O34S7+2. The molecule has 0 radical (unpaired) electrons. The summed E-state index contributed by atoms with van der Waals surface area (Å²) < 4.78 is 307. The summed E-state index contributed by atoms with van der Waals surface area (Å²) in [6, 6.07) is 0. The van der Waals surface area contributed by atoms with Gasteiger partial charge in [0.1, 0.15) is 61.1 Å². The highest BCUT2D eigenvalue weighted by Crippen LogP contribution is 2.42. The molecule has 7 rings (SSSR count). The van der Waals surface area contributed by atoms with Crippen LogP contribution in [0.4, 0.5) is 0 Å². The molecule has 8 N–H and O–H groups in total. The summed E-state index contributed by atoms with van der Waals surface area (Å²) >= 11 is 12.7. The molecule has 4 aliphatic rings. The van der Waals surface area contributed by atoms with Gasteiger partial charge in [-0.05, 0) is 32.1 Å². The minimum absolute atomic E-state index is 0.0114. The molecule has 0 bridgehead atoms. The molecule has 2 saturated carbocycles. The number of nitrogens with zero attached hydrogens (tertiary/aromatic N) is 8. The van der Waals surface area contributed by atoms with Crippen molar-refractivity contribution in [3.63, 3.8) is 0 Å². The normalized spacial score (nSPS) is 30.4. The second-order valence-electron chi connectivity index (χ2n) is 20.1. The summed E-state index contributed by atoms with van der Waals surface area (Å²) in [4.78, 5) is 0. The van der Waals surface area contributed by atoms with Gasteiger partial charge in [0.2, 0.25) is 19.2 Å². The minimum atomic E-state index is -5.41. The van der Waals surface area contributed by atoms with Crippen LogP contribution >= 0.6 is 23.2 Å². The van der Waals surface area contributed by atoms with Crippen molar-refractivity contribution in [2.45, 2.75) is 164 Å². The number of ether oxygens (including phenoxy) is 6. The molecule has 52 heteroatoms. The van der Waals surface area contributed by atoms with Gasteiger partial charge < -0.3 is 28.4 Å². The van der Waals surface area contributed by atoms with E-state index in [-0.39, 0.29) is 31.0 Å². The molecule has 89 heavy (non-hydrogen) atoms. The third-order valence-electron chi connectivity index (χ3n) is 13.4. The highest BCUT2D eigenvalue weighted by Gasteiger charge is 2.54. The first-order valence-electron chi connectivity index (χ1n) is 25.4. The number of alkyl halides is 2. The zero-order valence-electron chi connectivity index (χ0n) is 45.3. The predicted octanol–water partition coefficient (Wildman–Crippen LogP) is -3.83. The molecule has 3 aromatic rings. The molecule has 0 amide bonds. The van der Waals surface area contributed by atoms with Crippen molar-refractivity contribution in [3.8, 4) is 0 Å². The Bertz CT molecular complexity index is 3700. The smallest absolute Gasteiger partial charge is 0.372 e. The molecule has 43 nitrogen and oxygen atoms in total. The van der Waals surface area contributed by atoms with E-state index in [1.165, 1.54) is 34.2 Å². The van der Waals surface area contributed by atoms with Gasteiger partial charge in [0.05, 0.1) is 49.3 Å². The van der Waals surface area contributed by atoms with E-state index in [4.69, 9.17) is 81.3 Å². The molecule has 3 aromatic heterocycles. The van der Waals surface area contributed by atoms with E-state index in [1.54, 1.807) is 6.92 Å². The fraction of sp³-hybridized carbons (Fsp3) is 0.838. The Hall–Kier alpha value is -3.15. The van der Waals surface area contributed by atoms with Crippen LogP contribution in [0.1, 0.15) is 56.8 Å². The Labute approximate surface area is 516 Å². The van der Waals surface area contributed by atoms with Gasteiger partial charge in [-0.3, -0.25) is 31.9 Å². The van der Waals surface area contributed by atoms with Crippen molar-refractivity contribution in [2.75, 3.05) is 19.1 Å². The zero-order valence-corrected chi connectivity index (χ0v) is 52.6. The molecule has 0 aromatic carbocycles. The average molecular weight is 1470 g/mol. The highest BCUT2D eigenvalue weighted by atomic mass is 35.5. The highest BCUT2D eigenvalue weighted by molar-refractivity contribution is 7.82. The molecule has 15 atom stereocenters. The van der Waals surface area contributed by atoms with Gasteiger partial charge in [0, 0.05) is 48.7 Å². The Kier molecular flexibility index (Phi) is 24.4. The molecule has 4 fully saturated rings. The topological polar surface area (TPSA) is 586 Å². The zero-order chi connectivity index (χ0) is 65.7. The molecule has 0 spiro atoms. The van der Waals surface area contributed by atoms with E-state index < -0.39 is 234 Å². The molecule has 0 unspecified atom stereocenters. The number of aromatic amines is 1. The largest absolute Gasteiger partial charge is 0.397 e. The minimum Gasteiger partial charge on any atom is -0.372 e. The van der Waals surface area contributed by atoms with Gasteiger partial charge in [0.15, 0.2) is 30.7 Å². The van der Waals surface area contributed by atoms with Crippen molar-refractivity contribution < 1.29 is 158 Å². The second-order valence-corrected chi connectivity index (χ2v) is 28.3. The fourth-order valence-electron chi connectivity index (χ4n) is 10.1. The molecule has 510 valence electrons. The maximum Gasteiger partial charge on any atom is 0.397 e. The number of hydrogen-bond donors (Lipinski definition) is 8. The number of rotatable bonds is 33. The molecule has 2 saturated heterocycles. The third-order valence-corrected chi connectivity index (χ3v) is 17.7. The first-order chi connectivity index (χ1) is 41.1. The van der Waals surface area contributed by atoms with E-state index in [1.807, 2.05) is 0 Å². The number of aromatic nitrogens is 9. The lowest BCUT2D eigenvalue weighted by molar-refractivity contribution is -0.789. The first kappa shape index (κ1) is 73.3. The Morgan fingerprint density at radius 2 is 1.28 bits per heavy atom. The van der Waals surface area contributed by atoms with E-state index in [0.717, 1.165) is 9.36 Å². The van der Waals surface area contributed by atoms with Crippen LogP contribution in [0.5, 0.6) is 0 Å². The lowest BCUT2D eigenvalue weighted by Crippen LogP contribution is -2.55. The molecule has 5 heterocycles. The van der Waals surface area contributed by atoms with Crippen molar-refractivity contribution in [1.82, 2.24) is 35.2 Å². The molecule has 2 aliphatic heterocycles. The van der Waals surface area contributed by atoms with E-state index in [9.17, 15) is 86.2 Å². The van der Waals surface area contributed by atoms with Gasteiger partial charge in [-0.25, -0.2) is 34.0 Å². The van der Waals surface area contributed by atoms with Crippen LogP contribution in [0.2, 0.25) is 0 Å². The standard InChI is InChI=1S/C37H57Cl2N9O34S7/c1-2-70-19-46-4-3-45(44-46)15-33-36(82-89(67,68)69)30(79-86(58,59)60)10-34(74-33)72-20-48-12-23(40-43-48)5-21-6-25(8-29(78-85(55,56)57)35(21)81-88(64,65)66)71-17-24-13-47(42-41-24)14-32-31(80-87(61,62)63)11-37(18-38,76-32)75-27-7-22(16-73-83(49,50)51)26(39)9-28(27)77-84(52,53)54/h3-4,12-13,21-22,25-36H,2,5-11,14-20H2,1H3,(H6-,49,50,51,52,53,54,55,56,57,58,59,60,61,62,63,64,65,66,67,68,69)/p+2/t21-,22+,25+,26+,27+,28+,29+,30-,31+,32+,33-,34-,35-,36-,37-/m0/s1. The number of H-pyrrole nitrogens is 1. The summed E-state index contributed by atoms with van der Waals surface area (Å²) in [5.74, 6) is -5.09. The van der Waals surface area contributed by atoms with Gasteiger partial charge in [-0.15, -0.1) is 42.3 Å². The van der Waals surface area contributed by atoms with Crippen LogP contribution in [0.25, 0.3) is 0 Å². The monoisotopic (exact) mass is 1470 g/mol. The lowest BCUT2D eigenvalue weighted by Gasteiger charge is -2.41. The Morgan fingerprint density at radius 3 is 1.90 bits per heavy atom. The predicted molar refractivity (Wildman–Crippen MR) is 278 cm³/mol. The SMILES string of the molecule is CCOC[n+]1ccn(C[C@@H]2O[C@H](OC[n+]3cc(C[C@H]4C[C@@H](OCc5cn(C[C@H]6O[C@@](CCl)(O[C@@H]7C[C@H](COS(=O)(=O)O)[C@H](Cl)C[C@H]7OS(=O)(=O)O)C[C@H]6OS(=O)(=O)O)nn5)C[C@@H](OS(=O)(=O)O)[C@H]4OS(=O)(=O)O)n[nH]3)C[C@H](OS(=O)(=O)O)[C@@H]2OS(=O)(=O)O)n1. The average Bonchev–Trinajstić information content (AvgIpc) is 1.89. The second kappa shape index (κ2) is 29.6. The van der Waals surface area contributed by atoms with Gasteiger partial charge >= 0.3 is 72.8 Å². The maximum absolute atomic E-state index is 12.2.